The average molecular weight is 249 g/mol. The molecule has 0 unspecified atom stereocenters. The highest BCUT2D eigenvalue weighted by Gasteiger charge is 2.11. The number of ether oxygens (including phenoxy) is 1. The van der Waals surface area contributed by atoms with Crippen LogP contribution in [0.15, 0.2) is 24.3 Å². The quantitative estimate of drug-likeness (QED) is 0.777. The highest BCUT2D eigenvalue weighted by molar-refractivity contribution is 5.66. The summed E-state index contributed by atoms with van der Waals surface area (Å²) in [5.41, 5.74) is 0.358. The summed E-state index contributed by atoms with van der Waals surface area (Å²) >= 11 is 0. The Hall–Kier alpha value is -2.02. The van der Waals surface area contributed by atoms with Crippen LogP contribution in [0.3, 0.4) is 0 Å². The fourth-order valence-corrected chi connectivity index (χ4v) is 1.18. The van der Waals surface area contributed by atoms with Gasteiger partial charge in [0.15, 0.2) is 0 Å². The SMILES string of the molecule is CC(=O)OC(C)(C)C.N#CCc1ccccc1O. The van der Waals surface area contributed by atoms with E-state index < -0.39 is 0 Å². The van der Waals surface area contributed by atoms with Gasteiger partial charge in [-0.2, -0.15) is 5.26 Å². The first-order chi connectivity index (χ1) is 8.26. The topological polar surface area (TPSA) is 70.3 Å². The Morgan fingerprint density at radius 3 is 2.28 bits per heavy atom. The van der Waals surface area contributed by atoms with Crippen LogP contribution in [-0.2, 0) is 16.0 Å². The minimum Gasteiger partial charge on any atom is -0.508 e. The molecule has 0 radical (unpaired) electrons. The van der Waals surface area contributed by atoms with E-state index in [1.807, 2.05) is 26.8 Å². The number of para-hydroxylation sites is 1. The average Bonchev–Trinajstić information content (AvgIpc) is 2.19. The fraction of sp³-hybridized carbons (Fsp3) is 0.429. The molecule has 4 heteroatoms. The maximum atomic E-state index is 10.2. The molecule has 1 N–H and O–H groups in total. The zero-order valence-corrected chi connectivity index (χ0v) is 11.2. The number of benzene rings is 1. The molecule has 0 saturated heterocycles. The maximum absolute atomic E-state index is 10.2. The number of carbonyl (C=O) groups is 1. The van der Waals surface area contributed by atoms with E-state index >= 15 is 0 Å². The minimum atomic E-state index is -0.328. The molecule has 0 aliphatic carbocycles. The van der Waals surface area contributed by atoms with E-state index in [0.29, 0.717) is 5.56 Å². The summed E-state index contributed by atoms with van der Waals surface area (Å²) in [6, 6.07) is 8.81. The van der Waals surface area contributed by atoms with Crippen LogP contribution < -0.4 is 0 Å². The van der Waals surface area contributed by atoms with Crippen LogP contribution in [-0.4, -0.2) is 16.7 Å². The minimum absolute atomic E-state index is 0.198. The van der Waals surface area contributed by atoms with Crippen molar-refractivity contribution in [3.8, 4) is 11.8 Å². The van der Waals surface area contributed by atoms with Gasteiger partial charge in [-0.05, 0) is 26.8 Å². The van der Waals surface area contributed by atoms with Crippen LogP contribution in [0.4, 0.5) is 0 Å². The molecule has 0 bridgehead atoms. The van der Waals surface area contributed by atoms with Gasteiger partial charge in [-0.25, -0.2) is 0 Å². The third-order valence-electron chi connectivity index (χ3n) is 1.71. The molecular formula is C14H19NO3. The monoisotopic (exact) mass is 249 g/mol. The number of esters is 1. The van der Waals surface area contributed by atoms with Crippen molar-refractivity contribution in [2.24, 2.45) is 0 Å². The second-order valence-corrected chi connectivity index (χ2v) is 4.67. The first-order valence-electron chi connectivity index (χ1n) is 5.59. The summed E-state index contributed by atoms with van der Waals surface area (Å²) in [5, 5.41) is 17.4. The number of phenolic OH excluding ortho intramolecular Hbond substituents is 1. The van der Waals surface area contributed by atoms with Crippen molar-refractivity contribution in [2.45, 2.75) is 39.7 Å². The zero-order valence-electron chi connectivity index (χ0n) is 11.2. The molecule has 0 aliphatic rings. The molecule has 0 fully saturated rings. The van der Waals surface area contributed by atoms with Gasteiger partial charge in [0.25, 0.3) is 0 Å². The van der Waals surface area contributed by atoms with E-state index in [-0.39, 0.29) is 23.7 Å². The van der Waals surface area contributed by atoms with Crippen molar-refractivity contribution in [3.05, 3.63) is 29.8 Å². The number of nitriles is 1. The Bertz CT molecular complexity index is 427. The molecule has 0 saturated carbocycles. The van der Waals surface area contributed by atoms with Crippen molar-refractivity contribution < 1.29 is 14.6 Å². The summed E-state index contributed by atoms with van der Waals surface area (Å²) in [6.07, 6.45) is 0.271. The van der Waals surface area contributed by atoms with Crippen LogP contribution in [0.25, 0.3) is 0 Å². The molecule has 0 heterocycles. The molecule has 0 aliphatic heterocycles. The van der Waals surface area contributed by atoms with Gasteiger partial charge in [0.05, 0.1) is 12.5 Å². The molecule has 1 rings (SSSR count). The van der Waals surface area contributed by atoms with Gasteiger partial charge in [-0.1, -0.05) is 18.2 Å². The highest BCUT2D eigenvalue weighted by Crippen LogP contribution is 2.14. The molecule has 0 spiro atoms. The molecule has 0 atom stereocenters. The molecule has 4 nitrogen and oxygen atoms in total. The molecule has 18 heavy (non-hydrogen) atoms. The number of aromatic hydroxyl groups is 1. The number of phenols is 1. The molecule has 98 valence electrons. The summed E-state index contributed by atoms with van der Waals surface area (Å²) < 4.78 is 4.80. The normalized spacial score (nSPS) is 9.72. The van der Waals surface area contributed by atoms with E-state index in [2.05, 4.69) is 0 Å². The van der Waals surface area contributed by atoms with Gasteiger partial charge in [0, 0.05) is 12.5 Å². The van der Waals surface area contributed by atoms with Gasteiger partial charge < -0.3 is 9.84 Å². The highest BCUT2D eigenvalue weighted by atomic mass is 16.6. The Morgan fingerprint density at radius 2 is 1.94 bits per heavy atom. The predicted octanol–water partition coefficient (Wildman–Crippen LogP) is 2.81. The van der Waals surface area contributed by atoms with Crippen molar-refractivity contribution >= 4 is 5.97 Å². The molecular weight excluding hydrogens is 230 g/mol. The largest absolute Gasteiger partial charge is 0.508 e. The summed E-state index contributed by atoms with van der Waals surface area (Å²) in [4.78, 5) is 10.2. The van der Waals surface area contributed by atoms with E-state index in [0.717, 1.165) is 0 Å². The second-order valence-electron chi connectivity index (χ2n) is 4.67. The Balaban J connectivity index is 0.000000331. The van der Waals surface area contributed by atoms with E-state index in [1.165, 1.54) is 6.92 Å². The second kappa shape index (κ2) is 7.33. The Morgan fingerprint density at radius 1 is 1.39 bits per heavy atom. The van der Waals surface area contributed by atoms with Crippen molar-refractivity contribution in [3.63, 3.8) is 0 Å². The number of carbonyl (C=O) groups excluding carboxylic acids is 1. The molecule has 1 aromatic carbocycles. The summed E-state index contributed by atoms with van der Waals surface area (Å²) in [5.74, 6) is -0.0263. The van der Waals surface area contributed by atoms with Gasteiger partial charge in [0.1, 0.15) is 11.4 Å². The molecule has 1 aromatic rings. The van der Waals surface area contributed by atoms with Crippen molar-refractivity contribution in [1.82, 2.24) is 0 Å². The predicted molar refractivity (Wildman–Crippen MR) is 68.9 cm³/mol. The first kappa shape index (κ1) is 16.0. The zero-order chi connectivity index (χ0) is 14.2. The number of hydrogen-bond acceptors (Lipinski definition) is 4. The van der Waals surface area contributed by atoms with Crippen molar-refractivity contribution in [2.75, 3.05) is 0 Å². The lowest BCUT2D eigenvalue weighted by molar-refractivity contribution is -0.151. The number of hydrogen-bond donors (Lipinski definition) is 1. The first-order valence-corrected chi connectivity index (χ1v) is 5.59. The number of nitrogens with zero attached hydrogens (tertiary/aromatic N) is 1. The Labute approximate surface area is 108 Å². The maximum Gasteiger partial charge on any atom is 0.303 e. The van der Waals surface area contributed by atoms with Gasteiger partial charge >= 0.3 is 5.97 Å². The van der Waals surface area contributed by atoms with Gasteiger partial charge in [-0.3, -0.25) is 4.79 Å². The van der Waals surface area contributed by atoms with E-state index in [4.69, 9.17) is 15.1 Å². The van der Waals surface area contributed by atoms with Crippen LogP contribution in [0.2, 0.25) is 0 Å². The third-order valence-corrected chi connectivity index (χ3v) is 1.71. The van der Waals surface area contributed by atoms with E-state index in [1.54, 1.807) is 24.3 Å². The van der Waals surface area contributed by atoms with E-state index in [9.17, 15) is 4.79 Å². The Kier molecular flexibility index (Phi) is 6.51. The van der Waals surface area contributed by atoms with Crippen LogP contribution >= 0.6 is 0 Å². The fourth-order valence-electron chi connectivity index (χ4n) is 1.18. The van der Waals surface area contributed by atoms with Gasteiger partial charge in [-0.15, -0.1) is 0 Å². The van der Waals surface area contributed by atoms with Crippen molar-refractivity contribution in [1.29, 1.82) is 5.26 Å². The van der Waals surface area contributed by atoms with Crippen LogP contribution in [0.1, 0.15) is 33.3 Å². The summed E-state index contributed by atoms with van der Waals surface area (Å²) in [7, 11) is 0. The van der Waals surface area contributed by atoms with Crippen LogP contribution in [0.5, 0.6) is 5.75 Å². The third kappa shape index (κ3) is 8.17. The smallest absolute Gasteiger partial charge is 0.303 e. The lowest BCUT2D eigenvalue weighted by Crippen LogP contribution is -2.21. The molecule has 0 aromatic heterocycles. The molecule has 0 amide bonds. The lowest BCUT2D eigenvalue weighted by Gasteiger charge is -2.17. The van der Waals surface area contributed by atoms with Crippen LogP contribution in [0, 0.1) is 11.3 Å². The number of rotatable bonds is 1. The summed E-state index contributed by atoms with van der Waals surface area (Å²) in [6.45, 7) is 6.93. The van der Waals surface area contributed by atoms with Gasteiger partial charge in [0.2, 0.25) is 0 Å². The standard InChI is InChI=1S/C8H7NO.C6H12O2/c9-6-5-7-3-1-2-4-8(7)10;1-5(7)8-6(2,3)4/h1-4,10H,5H2;1-4H3. The lowest BCUT2D eigenvalue weighted by atomic mass is 10.1.